The highest BCUT2D eigenvalue weighted by atomic mass is 16.5. The number of aryl methyl sites for hydroxylation is 2. The van der Waals surface area contributed by atoms with Crippen LogP contribution in [0.5, 0.6) is 0 Å². The molecule has 25 heavy (non-hydrogen) atoms. The van der Waals surface area contributed by atoms with Gasteiger partial charge >= 0.3 is 5.97 Å². The summed E-state index contributed by atoms with van der Waals surface area (Å²) in [6.45, 7) is 4.49. The van der Waals surface area contributed by atoms with E-state index in [1.165, 1.54) is 7.11 Å². The number of likely N-dealkylation sites (tertiary alicyclic amines) is 1. The second-order valence-corrected chi connectivity index (χ2v) is 6.65. The molecular formula is C21H23NO3. The van der Waals surface area contributed by atoms with Crippen molar-refractivity contribution in [3.63, 3.8) is 0 Å². The molecule has 0 spiro atoms. The van der Waals surface area contributed by atoms with E-state index < -0.39 is 6.04 Å². The predicted molar refractivity (Wildman–Crippen MR) is 96.6 cm³/mol. The number of nitrogens with zero attached hydrogens (tertiary/aromatic N) is 1. The van der Waals surface area contributed by atoms with Crippen LogP contribution in [0.25, 0.3) is 0 Å². The molecule has 1 saturated heterocycles. The minimum absolute atomic E-state index is 0.0384. The topological polar surface area (TPSA) is 46.6 Å². The molecule has 2 aromatic rings. The summed E-state index contributed by atoms with van der Waals surface area (Å²) in [6.07, 6.45) is 0.750. The number of hydrogen-bond acceptors (Lipinski definition) is 3. The van der Waals surface area contributed by atoms with Crippen molar-refractivity contribution in [2.75, 3.05) is 13.7 Å². The Morgan fingerprint density at radius 3 is 2.28 bits per heavy atom. The van der Waals surface area contributed by atoms with E-state index in [0.717, 1.165) is 23.1 Å². The third-order valence-corrected chi connectivity index (χ3v) is 4.80. The van der Waals surface area contributed by atoms with Crippen molar-refractivity contribution >= 4 is 11.9 Å². The first-order chi connectivity index (χ1) is 12.0. The van der Waals surface area contributed by atoms with E-state index in [0.29, 0.717) is 12.1 Å². The Hall–Kier alpha value is -2.62. The van der Waals surface area contributed by atoms with Gasteiger partial charge in [-0.3, -0.25) is 4.79 Å². The Morgan fingerprint density at radius 2 is 1.68 bits per heavy atom. The third kappa shape index (κ3) is 3.43. The summed E-state index contributed by atoms with van der Waals surface area (Å²) in [5, 5.41) is 0. The van der Waals surface area contributed by atoms with E-state index >= 15 is 0 Å². The summed E-state index contributed by atoms with van der Waals surface area (Å²) in [7, 11) is 1.38. The summed E-state index contributed by atoms with van der Waals surface area (Å²) in [5.74, 6) is -0.506. The second-order valence-electron chi connectivity index (χ2n) is 6.65. The van der Waals surface area contributed by atoms with E-state index in [4.69, 9.17) is 4.74 Å². The first-order valence-electron chi connectivity index (χ1n) is 8.53. The molecule has 1 fully saturated rings. The zero-order valence-corrected chi connectivity index (χ0v) is 14.9. The Labute approximate surface area is 148 Å². The first kappa shape index (κ1) is 17.2. The van der Waals surface area contributed by atoms with Crippen LogP contribution >= 0.6 is 0 Å². The van der Waals surface area contributed by atoms with Crippen molar-refractivity contribution in [1.82, 2.24) is 4.90 Å². The van der Waals surface area contributed by atoms with Crippen molar-refractivity contribution < 1.29 is 14.3 Å². The summed E-state index contributed by atoms with van der Waals surface area (Å²) < 4.78 is 5.02. The van der Waals surface area contributed by atoms with Gasteiger partial charge in [-0.15, -0.1) is 0 Å². The highest BCUT2D eigenvalue weighted by Gasteiger charge is 2.43. The highest BCUT2D eigenvalue weighted by molar-refractivity contribution is 5.97. The molecule has 0 aromatic heterocycles. The number of ether oxygens (including phenoxy) is 1. The molecule has 0 bridgehead atoms. The summed E-state index contributed by atoms with van der Waals surface area (Å²) >= 11 is 0. The molecule has 2 atom stereocenters. The number of carbonyl (C=O) groups is 2. The lowest BCUT2D eigenvalue weighted by atomic mass is 9.91. The average molecular weight is 337 g/mol. The molecule has 1 aliphatic rings. The van der Waals surface area contributed by atoms with Crippen LogP contribution in [0.1, 0.15) is 39.4 Å². The Kier molecular flexibility index (Phi) is 4.88. The number of benzene rings is 2. The maximum atomic E-state index is 13.1. The van der Waals surface area contributed by atoms with Crippen molar-refractivity contribution in [1.29, 1.82) is 0 Å². The lowest BCUT2D eigenvalue weighted by molar-refractivity contribution is -0.145. The Morgan fingerprint density at radius 1 is 1.04 bits per heavy atom. The van der Waals surface area contributed by atoms with Crippen LogP contribution < -0.4 is 0 Å². The number of rotatable bonds is 3. The van der Waals surface area contributed by atoms with Crippen LogP contribution in [-0.2, 0) is 9.53 Å². The summed E-state index contributed by atoms with van der Waals surface area (Å²) in [6, 6.07) is 15.1. The molecule has 0 saturated carbocycles. The van der Waals surface area contributed by atoms with E-state index in [1.807, 2.05) is 62.4 Å². The van der Waals surface area contributed by atoms with Crippen LogP contribution in [-0.4, -0.2) is 36.5 Å². The number of methoxy groups -OCH3 is 1. The van der Waals surface area contributed by atoms with Gasteiger partial charge in [0, 0.05) is 18.0 Å². The molecule has 0 radical (unpaired) electrons. The van der Waals surface area contributed by atoms with Crippen LogP contribution in [0.4, 0.5) is 0 Å². The summed E-state index contributed by atoms with van der Waals surface area (Å²) in [5.41, 5.74) is 3.77. The van der Waals surface area contributed by atoms with Crippen LogP contribution in [0.3, 0.4) is 0 Å². The maximum Gasteiger partial charge on any atom is 0.329 e. The van der Waals surface area contributed by atoms with E-state index in [2.05, 4.69) is 0 Å². The van der Waals surface area contributed by atoms with Gasteiger partial charge in [-0.05, 0) is 38.0 Å². The first-order valence-corrected chi connectivity index (χ1v) is 8.53. The van der Waals surface area contributed by atoms with Gasteiger partial charge in [-0.25, -0.2) is 4.79 Å². The predicted octanol–water partition coefficient (Wildman–Crippen LogP) is 3.47. The number of amides is 1. The average Bonchev–Trinajstić information content (AvgIpc) is 3.05. The van der Waals surface area contributed by atoms with Crippen molar-refractivity contribution in [3.05, 3.63) is 70.8 Å². The Balaban J connectivity index is 1.94. The molecule has 1 amide bonds. The number of hydrogen-bond donors (Lipinski definition) is 0. The highest BCUT2D eigenvalue weighted by Crippen LogP contribution is 2.35. The maximum absolute atomic E-state index is 13.1. The quantitative estimate of drug-likeness (QED) is 0.806. The lowest BCUT2D eigenvalue weighted by Gasteiger charge is -2.26. The minimum Gasteiger partial charge on any atom is -0.467 e. The minimum atomic E-state index is -0.583. The van der Waals surface area contributed by atoms with Gasteiger partial charge in [0.15, 0.2) is 0 Å². The SMILES string of the molecule is COC(=O)[C@@H]1C(c2ccccc2)CCN1C(=O)c1cc(C)cc(C)c1. The number of carbonyl (C=O) groups excluding carboxylic acids is 2. The molecule has 1 heterocycles. The van der Waals surface area contributed by atoms with Gasteiger partial charge in [0.25, 0.3) is 5.91 Å². The molecular weight excluding hydrogens is 314 g/mol. The van der Waals surface area contributed by atoms with Gasteiger partial charge in [0.1, 0.15) is 6.04 Å². The number of esters is 1. The molecule has 2 aromatic carbocycles. The van der Waals surface area contributed by atoms with E-state index in [9.17, 15) is 9.59 Å². The van der Waals surface area contributed by atoms with Gasteiger partial charge in [-0.1, -0.05) is 47.5 Å². The normalized spacial score (nSPS) is 19.7. The monoisotopic (exact) mass is 337 g/mol. The van der Waals surface area contributed by atoms with Gasteiger partial charge in [0.05, 0.1) is 7.11 Å². The van der Waals surface area contributed by atoms with E-state index in [-0.39, 0.29) is 17.8 Å². The molecule has 130 valence electrons. The molecule has 4 heteroatoms. The van der Waals surface area contributed by atoms with Crippen molar-refractivity contribution in [2.24, 2.45) is 0 Å². The zero-order chi connectivity index (χ0) is 18.0. The zero-order valence-electron chi connectivity index (χ0n) is 14.9. The fourth-order valence-corrected chi connectivity index (χ4v) is 3.75. The van der Waals surface area contributed by atoms with Crippen molar-refractivity contribution in [3.8, 4) is 0 Å². The second kappa shape index (κ2) is 7.09. The van der Waals surface area contributed by atoms with E-state index in [1.54, 1.807) is 4.90 Å². The molecule has 0 aliphatic carbocycles. The largest absolute Gasteiger partial charge is 0.467 e. The standard InChI is InChI=1S/C21H23NO3/c1-14-11-15(2)13-17(12-14)20(23)22-10-9-18(19(22)21(24)25-3)16-7-5-4-6-8-16/h4-8,11-13,18-19H,9-10H2,1-3H3/t18?,19-/m0/s1. The molecule has 3 rings (SSSR count). The van der Waals surface area contributed by atoms with Crippen LogP contribution in [0.2, 0.25) is 0 Å². The molecule has 4 nitrogen and oxygen atoms in total. The lowest BCUT2D eigenvalue weighted by Crippen LogP contribution is -2.43. The Bertz CT molecular complexity index is 765. The fourth-order valence-electron chi connectivity index (χ4n) is 3.75. The van der Waals surface area contributed by atoms with Gasteiger partial charge in [0.2, 0.25) is 0 Å². The van der Waals surface area contributed by atoms with Gasteiger partial charge in [-0.2, -0.15) is 0 Å². The smallest absolute Gasteiger partial charge is 0.329 e. The van der Waals surface area contributed by atoms with Crippen LogP contribution in [0, 0.1) is 13.8 Å². The van der Waals surface area contributed by atoms with Crippen LogP contribution in [0.15, 0.2) is 48.5 Å². The summed E-state index contributed by atoms with van der Waals surface area (Å²) in [4.78, 5) is 27.2. The third-order valence-electron chi connectivity index (χ3n) is 4.80. The molecule has 1 aliphatic heterocycles. The molecule has 1 unspecified atom stereocenters. The fraction of sp³-hybridized carbons (Fsp3) is 0.333. The van der Waals surface area contributed by atoms with Gasteiger partial charge < -0.3 is 9.64 Å². The molecule has 0 N–H and O–H groups in total. The van der Waals surface area contributed by atoms with Crippen molar-refractivity contribution in [2.45, 2.75) is 32.2 Å².